The van der Waals surface area contributed by atoms with Gasteiger partial charge in [-0.05, 0) is 45.2 Å². The third-order valence-corrected chi connectivity index (χ3v) is 4.07. The van der Waals surface area contributed by atoms with Gasteiger partial charge in [0, 0.05) is 16.8 Å². The molecule has 0 aliphatic carbocycles. The summed E-state index contributed by atoms with van der Waals surface area (Å²) >= 11 is 0. The minimum atomic E-state index is -0.901. The molecule has 2 N–H and O–H groups in total. The third kappa shape index (κ3) is 3.59. The van der Waals surface area contributed by atoms with E-state index in [-0.39, 0.29) is 12.2 Å². The first-order valence-corrected chi connectivity index (χ1v) is 8.82. The Labute approximate surface area is 152 Å². The van der Waals surface area contributed by atoms with Crippen molar-refractivity contribution in [2.75, 3.05) is 10.6 Å². The van der Waals surface area contributed by atoms with Crippen molar-refractivity contribution in [3.8, 4) is 0 Å². The van der Waals surface area contributed by atoms with Gasteiger partial charge in [0.25, 0.3) is 0 Å². The molecule has 0 saturated carbocycles. The molecule has 2 atom stereocenters. The standard InChI is InChI=1S/C20H24N2O4/c1-11(2)25-19(23)17-18(20(24)26-12(3)4)22-15-10-6-8-13-7-5-9-14(21-17)16(13)15/h5-12,17-18,21-22H,1-4H3. The number of rotatable bonds is 4. The smallest absolute Gasteiger partial charge is 0.331 e. The lowest BCUT2D eigenvalue weighted by Crippen LogP contribution is -2.51. The largest absolute Gasteiger partial charge is 0.461 e. The number of nitrogens with one attached hydrogen (secondary N) is 2. The van der Waals surface area contributed by atoms with Crippen LogP contribution >= 0.6 is 0 Å². The second kappa shape index (κ2) is 7.23. The topological polar surface area (TPSA) is 76.7 Å². The van der Waals surface area contributed by atoms with Crippen molar-refractivity contribution in [3.63, 3.8) is 0 Å². The van der Waals surface area contributed by atoms with E-state index in [1.165, 1.54) is 0 Å². The summed E-state index contributed by atoms with van der Waals surface area (Å²) in [5.41, 5.74) is 1.55. The van der Waals surface area contributed by atoms with Gasteiger partial charge in [0.05, 0.1) is 12.2 Å². The molecule has 1 aliphatic rings. The number of ether oxygens (including phenoxy) is 2. The van der Waals surface area contributed by atoms with E-state index in [0.29, 0.717) is 0 Å². The Morgan fingerprint density at radius 3 is 1.62 bits per heavy atom. The Morgan fingerprint density at radius 2 is 1.23 bits per heavy atom. The van der Waals surface area contributed by atoms with Crippen LogP contribution < -0.4 is 10.6 Å². The molecule has 2 aromatic carbocycles. The average molecular weight is 356 g/mol. The molecule has 138 valence electrons. The van der Waals surface area contributed by atoms with E-state index in [1.807, 2.05) is 36.4 Å². The highest BCUT2D eigenvalue weighted by molar-refractivity contribution is 6.07. The number of hydrogen-bond donors (Lipinski definition) is 2. The molecule has 0 bridgehead atoms. The zero-order valence-corrected chi connectivity index (χ0v) is 15.4. The summed E-state index contributed by atoms with van der Waals surface area (Å²) in [7, 11) is 0. The van der Waals surface area contributed by atoms with Gasteiger partial charge >= 0.3 is 11.9 Å². The van der Waals surface area contributed by atoms with Gasteiger partial charge in [0.1, 0.15) is 0 Å². The first-order valence-electron chi connectivity index (χ1n) is 8.82. The predicted octanol–water partition coefficient (Wildman–Crippen LogP) is 3.32. The molecule has 0 saturated heterocycles. The van der Waals surface area contributed by atoms with Crippen LogP contribution in [0.4, 0.5) is 11.4 Å². The fourth-order valence-corrected chi connectivity index (χ4v) is 3.08. The van der Waals surface area contributed by atoms with Crippen LogP contribution in [0.15, 0.2) is 36.4 Å². The zero-order chi connectivity index (χ0) is 18.8. The van der Waals surface area contributed by atoms with Gasteiger partial charge in [-0.3, -0.25) is 0 Å². The molecule has 0 radical (unpaired) electrons. The molecule has 0 spiro atoms. The summed E-state index contributed by atoms with van der Waals surface area (Å²) in [5.74, 6) is -0.994. The summed E-state index contributed by atoms with van der Waals surface area (Å²) in [6.07, 6.45) is -0.569. The van der Waals surface area contributed by atoms with Crippen LogP contribution in [0.25, 0.3) is 10.8 Å². The number of carbonyl (C=O) groups excluding carboxylic acids is 2. The van der Waals surface area contributed by atoms with E-state index in [2.05, 4.69) is 10.6 Å². The van der Waals surface area contributed by atoms with Crippen LogP contribution in [0.3, 0.4) is 0 Å². The molecule has 1 aliphatic heterocycles. The molecule has 26 heavy (non-hydrogen) atoms. The summed E-state index contributed by atoms with van der Waals surface area (Å²) in [6.45, 7) is 7.11. The molecule has 0 amide bonds. The van der Waals surface area contributed by atoms with Gasteiger partial charge < -0.3 is 20.1 Å². The second-order valence-corrected chi connectivity index (χ2v) is 6.92. The van der Waals surface area contributed by atoms with Crippen LogP contribution in [0.5, 0.6) is 0 Å². The van der Waals surface area contributed by atoms with Crippen molar-refractivity contribution in [1.82, 2.24) is 0 Å². The second-order valence-electron chi connectivity index (χ2n) is 6.92. The molecule has 0 aromatic heterocycles. The Hall–Kier alpha value is -2.76. The SMILES string of the molecule is CC(C)OC(=O)C1Nc2cccc3cccc(c23)NC1C(=O)OC(C)C. The normalized spacial score (nSPS) is 18.8. The Morgan fingerprint density at radius 1 is 0.808 bits per heavy atom. The monoisotopic (exact) mass is 356 g/mol. The summed E-state index contributed by atoms with van der Waals surface area (Å²) in [6, 6.07) is 9.76. The Bertz CT molecular complexity index is 767. The lowest BCUT2D eigenvalue weighted by molar-refractivity contribution is -0.156. The molecular formula is C20H24N2O4. The molecule has 3 rings (SSSR count). The van der Waals surface area contributed by atoms with Gasteiger partial charge in [-0.1, -0.05) is 24.3 Å². The first-order chi connectivity index (χ1) is 12.4. The molecule has 6 heteroatoms. The van der Waals surface area contributed by atoms with Crippen LogP contribution in [-0.4, -0.2) is 36.2 Å². The van der Waals surface area contributed by atoms with Gasteiger partial charge in [-0.25, -0.2) is 9.59 Å². The maximum atomic E-state index is 12.7. The van der Waals surface area contributed by atoms with E-state index in [4.69, 9.17) is 9.47 Å². The lowest BCUT2D eigenvalue weighted by atomic mass is 10.1. The molecule has 1 heterocycles. The number of hydrogen-bond acceptors (Lipinski definition) is 6. The van der Waals surface area contributed by atoms with Gasteiger partial charge in [-0.2, -0.15) is 0 Å². The van der Waals surface area contributed by atoms with Crippen LogP contribution in [-0.2, 0) is 19.1 Å². The summed E-state index contributed by atoms with van der Waals surface area (Å²) < 4.78 is 10.8. The van der Waals surface area contributed by atoms with Crippen molar-refractivity contribution < 1.29 is 19.1 Å². The minimum Gasteiger partial charge on any atom is -0.461 e. The molecule has 6 nitrogen and oxygen atoms in total. The maximum absolute atomic E-state index is 12.7. The van der Waals surface area contributed by atoms with Crippen LogP contribution in [0.2, 0.25) is 0 Å². The Kier molecular flexibility index (Phi) is 5.02. The highest BCUT2D eigenvalue weighted by Gasteiger charge is 2.39. The number of esters is 2. The predicted molar refractivity (Wildman–Crippen MR) is 101 cm³/mol. The highest BCUT2D eigenvalue weighted by Crippen LogP contribution is 2.35. The van der Waals surface area contributed by atoms with Gasteiger partial charge in [-0.15, -0.1) is 0 Å². The van der Waals surface area contributed by atoms with E-state index < -0.39 is 24.0 Å². The third-order valence-electron chi connectivity index (χ3n) is 4.07. The first kappa shape index (κ1) is 18.0. The summed E-state index contributed by atoms with van der Waals surface area (Å²) in [5, 5.41) is 8.33. The lowest BCUT2D eigenvalue weighted by Gasteiger charge is -2.26. The Balaban J connectivity index is 2.05. The highest BCUT2D eigenvalue weighted by atomic mass is 16.6. The van der Waals surface area contributed by atoms with Crippen molar-refractivity contribution in [3.05, 3.63) is 36.4 Å². The fraction of sp³-hybridized carbons (Fsp3) is 0.400. The molecular weight excluding hydrogens is 332 g/mol. The van der Waals surface area contributed by atoms with E-state index in [1.54, 1.807) is 27.7 Å². The van der Waals surface area contributed by atoms with Crippen molar-refractivity contribution >= 4 is 34.1 Å². The molecule has 0 fully saturated rings. The van der Waals surface area contributed by atoms with Gasteiger partial charge in [0.2, 0.25) is 0 Å². The van der Waals surface area contributed by atoms with Crippen molar-refractivity contribution in [2.24, 2.45) is 0 Å². The van der Waals surface area contributed by atoms with E-state index >= 15 is 0 Å². The quantitative estimate of drug-likeness (QED) is 0.819. The van der Waals surface area contributed by atoms with E-state index in [9.17, 15) is 9.59 Å². The number of carbonyl (C=O) groups is 2. The van der Waals surface area contributed by atoms with Crippen molar-refractivity contribution in [1.29, 1.82) is 0 Å². The van der Waals surface area contributed by atoms with Crippen LogP contribution in [0, 0.1) is 0 Å². The summed E-state index contributed by atoms with van der Waals surface area (Å²) in [4.78, 5) is 25.4. The maximum Gasteiger partial charge on any atom is 0.331 e. The zero-order valence-electron chi connectivity index (χ0n) is 15.4. The number of benzene rings is 2. The average Bonchev–Trinajstić information content (AvgIpc) is 2.73. The van der Waals surface area contributed by atoms with Crippen molar-refractivity contribution in [2.45, 2.75) is 52.0 Å². The molecule has 2 aromatic rings. The molecule has 2 unspecified atom stereocenters. The number of anilines is 2. The van der Waals surface area contributed by atoms with Crippen LogP contribution in [0.1, 0.15) is 27.7 Å². The van der Waals surface area contributed by atoms with E-state index in [0.717, 1.165) is 22.1 Å². The fourth-order valence-electron chi connectivity index (χ4n) is 3.08. The minimum absolute atomic E-state index is 0.285. The van der Waals surface area contributed by atoms with Gasteiger partial charge in [0.15, 0.2) is 12.1 Å².